The normalized spacial score (nSPS) is 15.7. The molecule has 0 radical (unpaired) electrons. The zero-order valence-electron chi connectivity index (χ0n) is 11.8. The van der Waals surface area contributed by atoms with Crippen molar-refractivity contribution in [1.29, 1.82) is 0 Å². The third kappa shape index (κ3) is 3.30. The first-order valence-corrected chi connectivity index (χ1v) is 8.44. The number of carbonyl (C=O) groups is 1. The Hall–Kier alpha value is -1.31. The molecule has 1 heterocycles. The van der Waals surface area contributed by atoms with Crippen molar-refractivity contribution in [2.45, 2.75) is 17.7 Å². The number of nitrogen functional groups attached to an aromatic ring is 1. The molecule has 1 aromatic rings. The zero-order valence-corrected chi connectivity index (χ0v) is 13.3. The molecular formula is C13H18ClN3O3S. The number of carbonyl (C=O) groups excluding carboxylic acids is 1. The van der Waals surface area contributed by atoms with E-state index in [1.165, 1.54) is 19.2 Å². The molecule has 0 bridgehead atoms. The highest BCUT2D eigenvalue weighted by atomic mass is 35.5. The minimum absolute atomic E-state index is 0.0514. The number of nitrogens with two attached hydrogens (primary N) is 1. The molecule has 0 atom stereocenters. The number of benzene rings is 1. The quantitative estimate of drug-likeness (QED) is 0.839. The molecule has 0 aliphatic carbocycles. The smallest absolute Gasteiger partial charge is 0.246 e. The maximum atomic E-state index is 12.5. The number of hydrogen-bond acceptors (Lipinski definition) is 4. The van der Waals surface area contributed by atoms with E-state index in [9.17, 15) is 13.2 Å². The van der Waals surface area contributed by atoms with Gasteiger partial charge in [-0.1, -0.05) is 17.7 Å². The second-order valence-corrected chi connectivity index (χ2v) is 7.40. The second-order valence-electron chi connectivity index (χ2n) is 5.01. The van der Waals surface area contributed by atoms with Crippen molar-refractivity contribution in [1.82, 2.24) is 9.21 Å². The van der Waals surface area contributed by atoms with Gasteiger partial charge in [-0.15, -0.1) is 0 Å². The number of hydrogen-bond donors (Lipinski definition) is 1. The van der Waals surface area contributed by atoms with E-state index >= 15 is 0 Å². The van der Waals surface area contributed by atoms with Crippen molar-refractivity contribution in [2.24, 2.45) is 0 Å². The van der Waals surface area contributed by atoms with E-state index in [0.717, 1.165) is 17.1 Å². The summed E-state index contributed by atoms with van der Waals surface area (Å²) in [7, 11) is -2.54. The Morgan fingerprint density at radius 1 is 1.38 bits per heavy atom. The lowest BCUT2D eigenvalue weighted by atomic mass is 10.3. The fourth-order valence-corrected chi connectivity index (χ4v) is 4.04. The van der Waals surface area contributed by atoms with Gasteiger partial charge in [-0.3, -0.25) is 4.79 Å². The fourth-order valence-electron chi connectivity index (χ4n) is 2.30. The van der Waals surface area contributed by atoms with E-state index in [2.05, 4.69) is 0 Å². The molecule has 1 aromatic carbocycles. The molecule has 1 aliphatic rings. The average Bonchev–Trinajstić information content (AvgIpc) is 2.91. The summed E-state index contributed by atoms with van der Waals surface area (Å²) in [6, 6.07) is 4.50. The Kier molecular flexibility index (Phi) is 4.75. The van der Waals surface area contributed by atoms with Crippen LogP contribution in [-0.2, 0) is 14.8 Å². The van der Waals surface area contributed by atoms with E-state index < -0.39 is 10.0 Å². The molecule has 0 saturated carbocycles. The number of halogens is 1. The summed E-state index contributed by atoms with van der Waals surface area (Å²) in [5.74, 6) is -0.204. The minimum atomic E-state index is -3.90. The van der Waals surface area contributed by atoms with Crippen LogP contribution in [0.25, 0.3) is 0 Å². The Labute approximate surface area is 129 Å². The van der Waals surface area contributed by atoms with Crippen molar-refractivity contribution in [3.05, 3.63) is 23.2 Å². The van der Waals surface area contributed by atoms with Crippen molar-refractivity contribution < 1.29 is 13.2 Å². The molecule has 0 spiro atoms. The average molecular weight is 332 g/mol. The molecule has 6 nitrogen and oxygen atoms in total. The lowest BCUT2D eigenvalue weighted by molar-refractivity contribution is -0.130. The molecule has 116 valence electrons. The van der Waals surface area contributed by atoms with Crippen molar-refractivity contribution in [3.63, 3.8) is 0 Å². The second kappa shape index (κ2) is 6.21. The largest absolute Gasteiger partial charge is 0.398 e. The number of sulfonamides is 1. The van der Waals surface area contributed by atoms with Crippen LogP contribution in [0.2, 0.25) is 5.02 Å². The van der Waals surface area contributed by atoms with Gasteiger partial charge in [0.1, 0.15) is 4.90 Å². The van der Waals surface area contributed by atoms with Gasteiger partial charge in [-0.2, -0.15) is 4.31 Å². The molecule has 0 unspecified atom stereocenters. The monoisotopic (exact) mass is 331 g/mol. The molecule has 1 aliphatic heterocycles. The van der Waals surface area contributed by atoms with E-state index in [1.54, 1.807) is 11.0 Å². The van der Waals surface area contributed by atoms with E-state index in [4.69, 9.17) is 17.3 Å². The first-order valence-electron chi connectivity index (χ1n) is 6.62. The highest BCUT2D eigenvalue weighted by Gasteiger charge is 2.29. The number of nitrogens with zero attached hydrogens (tertiary/aromatic N) is 2. The van der Waals surface area contributed by atoms with Gasteiger partial charge in [0, 0.05) is 20.1 Å². The van der Waals surface area contributed by atoms with Gasteiger partial charge in [0.2, 0.25) is 15.9 Å². The molecular weight excluding hydrogens is 314 g/mol. The third-order valence-corrected chi connectivity index (χ3v) is 5.83. The molecule has 8 heteroatoms. The Balaban J connectivity index is 2.21. The van der Waals surface area contributed by atoms with Gasteiger partial charge in [0.05, 0.1) is 17.3 Å². The first kappa shape index (κ1) is 16.1. The lowest BCUT2D eigenvalue weighted by Crippen LogP contribution is -2.40. The summed E-state index contributed by atoms with van der Waals surface area (Å²) in [4.78, 5) is 13.6. The van der Waals surface area contributed by atoms with Gasteiger partial charge >= 0.3 is 0 Å². The maximum absolute atomic E-state index is 12.5. The van der Waals surface area contributed by atoms with Crippen molar-refractivity contribution in [2.75, 3.05) is 32.4 Å². The summed E-state index contributed by atoms with van der Waals surface area (Å²) in [5, 5.41) is 0.0514. The van der Waals surface area contributed by atoms with Gasteiger partial charge in [-0.25, -0.2) is 8.42 Å². The van der Waals surface area contributed by atoms with Crippen LogP contribution in [0.4, 0.5) is 5.69 Å². The SMILES string of the molecule is CN(CC(=O)N1CCCC1)S(=O)(=O)c1c(N)cccc1Cl. The van der Waals surface area contributed by atoms with Crippen molar-refractivity contribution in [3.8, 4) is 0 Å². The van der Waals surface area contributed by atoms with Crippen LogP contribution in [0, 0.1) is 0 Å². The lowest BCUT2D eigenvalue weighted by Gasteiger charge is -2.22. The molecule has 1 saturated heterocycles. The van der Waals surface area contributed by atoms with E-state index in [1.807, 2.05) is 0 Å². The van der Waals surface area contributed by atoms with Gasteiger partial charge < -0.3 is 10.6 Å². The highest BCUT2D eigenvalue weighted by Crippen LogP contribution is 2.29. The Morgan fingerprint density at radius 2 is 2.00 bits per heavy atom. The number of rotatable bonds is 4. The van der Waals surface area contributed by atoms with Crippen LogP contribution in [0.1, 0.15) is 12.8 Å². The van der Waals surface area contributed by atoms with E-state index in [0.29, 0.717) is 13.1 Å². The summed E-state index contributed by atoms with van der Waals surface area (Å²) < 4.78 is 26.0. The topological polar surface area (TPSA) is 83.7 Å². The zero-order chi connectivity index (χ0) is 15.6. The number of anilines is 1. The molecule has 21 heavy (non-hydrogen) atoms. The number of likely N-dealkylation sites (N-methyl/N-ethyl adjacent to an activating group) is 1. The highest BCUT2D eigenvalue weighted by molar-refractivity contribution is 7.89. The van der Waals surface area contributed by atoms with Crippen LogP contribution < -0.4 is 5.73 Å². The van der Waals surface area contributed by atoms with Gasteiger partial charge in [0.15, 0.2) is 0 Å². The minimum Gasteiger partial charge on any atom is -0.398 e. The van der Waals surface area contributed by atoms with Crippen LogP contribution >= 0.6 is 11.6 Å². The van der Waals surface area contributed by atoms with Crippen LogP contribution in [0.5, 0.6) is 0 Å². The predicted molar refractivity (Wildman–Crippen MR) is 81.5 cm³/mol. The summed E-state index contributed by atoms with van der Waals surface area (Å²) in [6.07, 6.45) is 1.92. The summed E-state index contributed by atoms with van der Waals surface area (Å²) in [6.45, 7) is 1.15. The molecule has 2 N–H and O–H groups in total. The maximum Gasteiger partial charge on any atom is 0.246 e. The van der Waals surface area contributed by atoms with Crippen molar-refractivity contribution >= 4 is 33.2 Å². The van der Waals surface area contributed by atoms with E-state index in [-0.39, 0.29) is 28.1 Å². The van der Waals surface area contributed by atoms with Crippen LogP contribution in [0.15, 0.2) is 23.1 Å². The first-order chi connectivity index (χ1) is 9.84. The van der Waals surface area contributed by atoms with Gasteiger partial charge in [-0.05, 0) is 25.0 Å². The third-order valence-electron chi connectivity index (χ3n) is 3.48. The fraction of sp³-hybridized carbons (Fsp3) is 0.462. The molecule has 1 amide bonds. The molecule has 2 rings (SSSR count). The van der Waals surface area contributed by atoms with Crippen LogP contribution in [-0.4, -0.2) is 50.2 Å². The molecule has 0 aromatic heterocycles. The Bertz CT molecular complexity index is 622. The summed E-state index contributed by atoms with van der Waals surface area (Å²) >= 11 is 5.94. The van der Waals surface area contributed by atoms with Gasteiger partial charge in [0.25, 0.3) is 0 Å². The standard InChI is InChI=1S/C13H18ClN3O3S/c1-16(9-12(18)17-7-2-3-8-17)21(19,20)13-10(14)5-4-6-11(13)15/h4-6H,2-3,7-9,15H2,1H3. The predicted octanol–water partition coefficient (Wildman–Crippen LogP) is 1.17. The summed E-state index contributed by atoms with van der Waals surface area (Å²) in [5.41, 5.74) is 5.78. The molecule has 1 fully saturated rings. The Morgan fingerprint density at radius 3 is 2.57 bits per heavy atom. The number of likely N-dealkylation sites (tertiary alicyclic amines) is 1. The van der Waals surface area contributed by atoms with Crippen LogP contribution in [0.3, 0.4) is 0 Å². The number of amides is 1.